The van der Waals surface area contributed by atoms with E-state index in [-0.39, 0.29) is 22.7 Å². The first-order chi connectivity index (χ1) is 6.56. The molecule has 0 saturated carbocycles. The highest BCUT2D eigenvalue weighted by molar-refractivity contribution is 9.10. The van der Waals surface area contributed by atoms with E-state index in [0.717, 1.165) is 13.0 Å². The smallest absolute Gasteiger partial charge is 0.244 e. The van der Waals surface area contributed by atoms with Crippen molar-refractivity contribution < 1.29 is 9.59 Å². The molecule has 1 aliphatic rings. The zero-order valence-electron chi connectivity index (χ0n) is 8.42. The minimum atomic E-state index is -0.320. The zero-order chi connectivity index (χ0) is 10.7. The lowest BCUT2D eigenvalue weighted by molar-refractivity contribution is -0.131. The molecule has 0 aromatic heterocycles. The Balaban J connectivity index is 2.45. The number of rotatable bonds is 3. The van der Waals surface area contributed by atoms with Crippen molar-refractivity contribution in [2.75, 3.05) is 13.6 Å². The minimum Gasteiger partial charge on any atom is -0.344 e. The Bertz CT molecular complexity index is 245. The monoisotopic (exact) mass is 262 g/mol. The van der Waals surface area contributed by atoms with Gasteiger partial charge in [-0.05, 0) is 12.8 Å². The van der Waals surface area contributed by atoms with Crippen LogP contribution in [0, 0.1) is 0 Å². The lowest BCUT2D eigenvalue weighted by atomic mass is 10.2. The molecule has 0 bridgehead atoms. The predicted octanol–water partition coefficient (Wildman–Crippen LogP) is 0.507. The van der Waals surface area contributed by atoms with Gasteiger partial charge in [-0.3, -0.25) is 9.59 Å². The van der Waals surface area contributed by atoms with Gasteiger partial charge in [-0.15, -0.1) is 0 Å². The molecule has 0 aromatic carbocycles. The van der Waals surface area contributed by atoms with Crippen molar-refractivity contribution in [1.29, 1.82) is 0 Å². The zero-order valence-corrected chi connectivity index (χ0v) is 10.0. The number of carbonyl (C=O) groups excluding carboxylic acids is 2. The van der Waals surface area contributed by atoms with Crippen LogP contribution in [0.25, 0.3) is 0 Å². The summed E-state index contributed by atoms with van der Waals surface area (Å²) in [5.74, 6) is -0.0877. The fourth-order valence-electron chi connectivity index (χ4n) is 1.40. The van der Waals surface area contributed by atoms with Gasteiger partial charge in [-0.25, -0.2) is 0 Å². The van der Waals surface area contributed by atoms with Crippen LogP contribution in [-0.2, 0) is 9.59 Å². The van der Waals surface area contributed by atoms with Gasteiger partial charge in [-0.1, -0.05) is 22.9 Å². The number of alkyl halides is 1. The quantitative estimate of drug-likeness (QED) is 0.754. The molecule has 1 aliphatic heterocycles. The molecule has 2 amide bonds. The molecule has 1 saturated heterocycles. The molecule has 4 nitrogen and oxygen atoms in total. The Morgan fingerprint density at radius 1 is 1.79 bits per heavy atom. The number of nitrogens with one attached hydrogen (secondary N) is 1. The summed E-state index contributed by atoms with van der Waals surface area (Å²) in [5, 5.41) is 2.73. The number of carbonyl (C=O) groups is 2. The van der Waals surface area contributed by atoms with Crippen LogP contribution in [0.2, 0.25) is 0 Å². The van der Waals surface area contributed by atoms with Crippen molar-refractivity contribution in [2.24, 2.45) is 0 Å². The van der Waals surface area contributed by atoms with E-state index in [9.17, 15) is 9.59 Å². The third kappa shape index (κ3) is 2.47. The molecule has 0 aromatic rings. The van der Waals surface area contributed by atoms with Gasteiger partial charge in [-0.2, -0.15) is 0 Å². The Kier molecular flexibility index (Phi) is 3.92. The maximum Gasteiger partial charge on any atom is 0.244 e. The molecule has 0 aliphatic carbocycles. The van der Waals surface area contributed by atoms with Crippen LogP contribution in [0.4, 0.5) is 0 Å². The van der Waals surface area contributed by atoms with Gasteiger partial charge >= 0.3 is 0 Å². The summed E-state index contributed by atoms with van der Waals surface area (Å²) in [6.45, 7) is 2.64. The average Bonchev–Trinajstić information content (AvgIpc) is 2.48. The fourth-order valence-corrected chi connectivity index (χ4v) is 1.54. The van der Waals surface area contributed by atoms with Gasteiger partial charge in [0.25, 0.3) is 0 Å². The van der Waals surface area contributed by atoms with Gasteiger partial charge in [0.1, 0.15) is 6.04 Å². The summed E-state index contributed by atoms with van der Waals surface area (Å²) >= 11 is 3.25. The Morgan fingerprint density at radius 2 is 2.43 bits per heavy atom. The number of likely N-dealkylation sites (N-methyl/N-ethyl adjacent to an activating group) is 1. The summed E-state index contributed by atoms with van der Waals surface area (Å²) < 4.78 is 0. The van der Waals surface area contributed by atoms with E-state index in [2.05, 4.69) is 21.2 Å². The van der Waals surface area contributed by atoms with Gasteiger partial charge in [0.05, 0.1) is 4.83 Å². The predicted molar refractivity (Wildman–Crippen MR) is 57.2 cm³/mol. The lowest BCUT2D eigenvalue weighted by Crippen LogP contribution is -2.43. The van der Waals surface area contributed by atoms with Crippen molar-refractivity contribution in [2.45, 2.75) is 30.6 Å². The van der Waals surface area contributed by atoms with E-state index in [1.165, 1.54) is 0 Å². The molecule has 80 valence electrons. The fraction of sp³-hybridized carbons (Fsp3) is 0.778. The van der Waals surface area contributed by atoms with E-state index in [1.807, 2.05) is 6.92 Å². The van der Waals surface area contributed by atoms with Crippen molar-refractivity contribution in [1.82, 2.24) is 10.2 Å². The topological polar surface area (TPSA) is 49.4 Å². The van der Waals surface area contributed by atoms with Gasteiger partial charge < -0.3 is 10.2 Å². The Labute approximate surface area is 92.2 Å². The molecule has 14 heavy (non-hydrogen) atoms. The second-order valence-electron chi connectivity index (χ2n) is 3.49. The number of halogens is 1. The second-order valence-corrected chi connectivity index (χ2v) is 4.59. The molecule has 2 atom stereocenters. The number of hydrogen-bond acceptors (Lipinski definition) is 2. The molecule has 0 radical (unpaired) electrons. The summed E-state index contributed by atoms with van der Waals surface area (Å²) in [4.78, 5) is 24.3. The summed E-state index contributed by atoms with van der Waals surface area (Å²) in [6, 6.07) is -0.320. The number of amides is 2. The van der Waals surface area contributed by atoms with Gasteiger partial charge in [0, 0.05) is 13.6 Å². The third-order valence-electron chi connectivity index (χ3n) is 2.39. The molecule has 5 heteroatoms. The van der Waals surface area contributed by atoms with Crippen LogP contribution in [-0.4, -0.2) is 41.2 Å². The normalized spacial score (nSPS) is 23.8. The SMILES string of the molecule is CCC(Br)C(=O)NC1CCN(C)C1=O. The Hall–Kier alpha value is -0.580. The second kappa shape index (κ2) is 4.77. The van der Waals surface area contributed by atoms with Crippen LogP contribution in [0.3, 0.4) is 0 Å². The number of nitrogens with zero attached hydrogens (tertiary/aromatic N) is 1. The number of hydrogen-bond donors (Lipinski definition) is 1. The highest BCUT2D eigenvalue weighted by Crippen LogP contribution is 2.10. The van der Waals surface area contributed by atoms with E-state index < -0.39 is 0 Å². The van der Waals surface area contributed by atoms with Crippen LogP contribution in [0.1, 0.15) is 19.8 Å². The van der Waals surface area contributed by atoms with Crippen LogP contribution in [0.5, 0.6) is 0 Å². The molecular weight excluding hydrogens is 248 g/mol. The standard InChI is InChI=1S/C9H15BrN2O2/c1-3-6(10)8(13)11-7-4-5-12(2)9(7)14/h6-7H,3-5H2,1-2H3,(H,11,13). The van der Waals surface area contributed by atoms with Gasteiger partial charge in [0.15, 0.2) is 0 Å². The van der Waals surface area contributed by atoms with E-state index >= 15 is 0 Å². The number of likely N-dealkylation sites (tertiary alicyclic amines) is 1. The van der Waals surface area contributed by atoms with Crippen molar-refractivity contribution in [3.63, 3.8) is 0 Å². The lowest BCUT2D eigenvalue weighted by Gasteiger charge is -2.14. The Morgan fingerprint density at radius 3 is 2.86 bits per heavy atom. The largest absolute Gasteiger partial charge is 0.344 e. The highest BCUT2D eigenvalue weighted by Gasteiger charge is 2.31. The first-order valence-corrected chi connectivity index (χ1v) is 5.67. The van der Waals surface area contributed by atoms with Crippen molar-refractivity contribution in [3.8, 4) is 0 Å². The first-order valence-electron chi connectivity index (χ1n) is 4.75. The van der Waals surface area contributed by atoms with Gasteiger partial charge in [0.2, 0.25) is 11.8 Å². The summed E-state index contributed by atoms with van der Waals surface area (Å²) in [6.07, 6.45) is 1.44. The molecule has 2 unspecified atom stereocenters. The maximum atomic E-state index is 11.5. The average molecular weight is 263 g/mol. The van der Waals surface area contributed by atoms with Crippen LogP contribution in [0.15, 0.2) is 0 Å². The third-order valence-corrected chi connectivity index (χ3v) is 3.45. The van der Waals surface area contributed by atoms with Crippen molar-refractivity contribution >= 4 is 27.7 Å². The summed E-state index contributed by atoms with van der Waals surface area (Å²) in [5.41, 5.74) is 0. The van der Waals surface area contributed by atoms with Crippen LogP contribution >= 0.6 is 15.9 Å². The first kappa shape index (κ1) is 11.5. The molecule has 1 heterocycles. The molecule has 1 rings (SSSR count). The van der Waals surface area contributed by atoms with Crippen molar-refractivity contribution in [3.05, 3.63) is 0 Å². The molecular formula is C9H15BrN2O2. The summed E-state index contributed by atoms with van der Waals surface area (Å²) in [7, 11) is 1.75. The highest BCUT2D eigenvalue weighted by atomic mass is 79.9. The van der Waals surface area contributed by atoms with E-state index in [1.54, 1.807) is 11.9 Å². The van der Waals surface area contributed by atoms with E-state index in [4.69, 9.17) is 0 Å². The van der Waals surface area contributed by atoms with Crippen LogP contribution < -0.4 is 5.32 Å². The molecule has 0 spiro atoms. The molecule has 1 fully saturated rings. The van der Waals surface area contributed by atoms with E-state index in [0.29, 0.717) is 6.42 Å². The maximum absolute atomic E-state index is 11.5. The molecule has 1 N–H and O–H groups in total. The minimum absolute atomic E-state index is 0.00848.